The van der Waals surface area contributed by atoms with Crippen molar-refractivity contribution < 1.29 is 17.3 Å². The van der Waals surface area contributed by atoms with Gasteiger partial charge in [-0.2, -0.15) is 0 Å². The van der Waals surface area contributed by atoms with Crippen LogP contribution in [-0.2, 0) is 14.8 Å². The van der Waals surface area contributed by atoms with E-state index in [1.165, 1.54) is 25.0 Å². The lowest BCUT2D eigenvalue weighted by Crippen LogP contribution is -2.44. The minimum absolute atomic E-state index is 0.0667. The summed E-state index contributed by atoms with van der Waals surface area (Å²) in [7, 11) is -4.75. The van der Waals surface area contributed by atoms with Gasteiger partial charge in [0.15, 0.2) is 0 Å². The van der Waals surface area contributed by atoms with E-state index in [1.807, 2.05) is 0 Å². The average molecular weight is 256 g/mol. The Hall–Kier alpha value is -0.473. The van der Waals surface area contributed by atoms with Crippen LogP contribution in [0.4, 0.5) is 4.11 Å². The molecule has 8 heteroatoms. The third kappa shape index (κ3) is 8.52. The molecule has 0 heterocycles. The molecule has 0 aromatic carbocycles. The molecular weight excluding hydrogens is 239 g/mol. The molecule has 0 radical (unpaired) electrons. The normalized spacial score (nSPS) is 12.6. The number of amides is 1. The van der Waals surface area contributed by atoms with Gasteiger partial charge in [-0.3, -0.25) is 4.79 Å². The molecule has 15 heavy (non-hydrogen) atoms. The van der Waals surface area contributed by atoms with Crippen LogP contribution in [0.1, 0.15) is 0 Å². The van der Waals surface area contributed by atoms with Crippen LogP contribution in [0.3, 0.4) is 0 Å². The summed E-state index contributed by atoms with van der Waals surface area (Å²) in [6.07, 6.45) is 1.03. The van der Waals surface area contributed by atoms with E-state index in [4.69, 9.17) is 0 Å². The number of carbonyl (C=O) groups excluding carboxylic acids is 1. The first-order valence-electron chi connectivity index (χ1n) is 4.39. The van der Waals surface area contributed by atoms with Crippen LogP contribution in [0.25, 0.3) is 0 Å². The Kier molecular flexibility index (Phi) is 4.88. The van der Waals surface area contributed by atoms with Gasteiger partial charge in [0.2, 0.25) is 15.9 Å². The maximum Gasteiger partial charge on any atom is 0.259 e. The number of sulfonamides is 1. The second kappa shape index (κ2) is 5.04. The SMILES string of the molecule is CN(C[Si](C)(C)F)C(=O)CNS(C)(=O)=O. The molecule has 0 rings (SSSR count). The first kappa shape index (κ1) is 14.5. The molecule has 0 aromatic rings. The fraction of sp³-hybridized carbons (Fsp3) is 0.857. The van der Waals surface area contributed by atoms with E-state index in [2.05, 4.69) is 4.72 Å². The molecule has 0 saturated heterocycles. The maximum atomic E-state index is 13.3. The predicted octanol–water partition coefficient (Wildman–Crippen LogP) is -0.292. The van der Waals surface area contributed by atoms with Crippen molar-refractivity contribution in [3.05, 3.63) is 0 Å². The van der Waals surface area contributed by atoms with Crippen molar-refractivity contribution in [2.45, 2.75) is 13.1 Å². The topological polar surface area (TPSA) is 66.5 Å². The van der Waals surface area contributed by atoms with Crippen LogP contribution in [-0.4, -0.2) is 53.6 Å². The fourth-order valence-electron chi connectivity index (χ4n) is 0.980. The summed E-state index contributed by atoms with van der Waals surface area (Å²) in [4.78, 5) is 12.5. The number of halogens is 1. The van der Waals surface area contributed by atoms with Gasteiger partial charge in [0.25, 0.3) is 8.41 Å². The third-order valence-corrected chi connectivity index (χ3v) is 3.42. The molecule has 5 nitrogen and oxygen atoms in total. The molecule has 0 aliphatic carbocycles. The Balaban J connectivity index is 4.12. The molecule has 0 aliphatic rings. The van der Waals surface area contributed by atoms with Crippen LogP contribution in [0.15, 0.2) is 0 Å². The van der Waals surface area contributed by atoms with Crippen molar-refractivity contribution in [2.75, 3.05) is 26.0 Å². The minimum atomic E-state index is -3.38. The highest BCUT2D eigenvalue weighted by atomic mass is 32.2. The molecule has 0 spiro atoms. The number of nitrogens with zero attached hydrogens (tertiary/aromatic N) is 1. The summed E-state index contributed by atoms with van der Waals surface area (Å²) in [5.41, 5.74) is 0. The summed E-state index contributed by atoms with van der Waals surface area (Å²) in [6, 6.07) is 0. The Morgan fingerprint density at radius 2 is 1.93 bits per heavy atom. The van der Waals surface area contributed by atoms with Crippen LogP contribution >= 0.6 is 0 Å². The monoisotopic (exact) mass is 256 g/mol. The second-order valence-corrected chi connectivity index (χ2v) is 9.65. The molecule has 0 saturated carbocycles. The first-order valence-corrected chi connectivity index (χ1v) is 9.36. The summed E-state index contributed by atoms with van der Waals surface area (Å²) < 4.78 is 36.7. The van der Waals surface area contributed by atoms with Gasteiger partial charge < -0.3 is 9.01 Å². The lowest BCUT2D eigenvalue weighted by molar-refractivity contribution is -0.128. The maximum absolute atomic E-state index is 13.3. The molecule has 0 atom stereocenters. The van der Waals surface area contributed by atoms with Crippen LogP contribution < -0.4 is 4.72 Å². The number of carbonyl (C=O) groups is 1. The molecule has 90 valence electrons. The summed E-state index contributed by atoms with van der Waals surface area (Å²) in [5, 5.41) is 0. The Morgan fingerprint density at radius 1 is 1.47 bits per heavy atom. The van der Waals surface area contributed by atoms with Gasteiger partial charge in [0.1, 0.15) is 0 Å². The number of hydrogen-bond donors (Lipinski definition) is 1. The number of hydrogen-bond acceptors (Lipinski definition) is 3. The summed E-state index contributed by atoms with van der Waals surface area (Å²) in [5.74, 6) is -0.432. The van der Waals surface area contributed by atoms with Gasteiger partial charge >= 0.3 is 0 Å². The molecule has 1 amide bonds. The summed E-state index contributed by atoms with van der Waals surface area (Å²) >= 11 is 0. The van der Waals surface area contributed by atoms with Gasteiger partial charge in [-0.05, 0) is 13.1 Å². The standard InChI is InChI=1S/C7H17FN2O3SSi/c1-10(6-15(3,4)8)7(11)5-9-14(2,12)13/h9H,5-6H2,1-4H3. The highest BCUT2D eigenvalue weighted by Gasteiger charge is 2.25. The van der Waals surface area contributed by atoms with Crippen molar-refractivity contribution >= 4 is 24.3 Å². The predicted molar refractivity (Wildman–Crippen MR) is 59.1 cm³/mol. The number of likely N-dealkylation sites (N-methyl/N-ethyl adjacent to an activating group) is 1. The van der Waals surface area contributed by atoms with Crippen molar-refractivity contribution in [1.29, 1.82) is 0 Å². The van der Waals surface area contributed by atoms with Gasteiger partial charge in [0, 0.05) is 13.2 Å². The zero-order valence-electron chi connectivity index (χ0n) is 9.37. The van der Waals surface area contributed by atoms with E-state index in [0.717, 1.165) is 6.26 Å². The molecule has 0 aliphatic heterocycles. The number of nitrogens with one attached hydrogen (secondary N) is 1. The minimum Gasteiger partial charge on any atom is -0.345 e. The molecule has 0 fully saturated rings. The van der Waals surface area contributed by atoms with Crippen molar-refractivity contribution in [2.24, 2.45) is 0 Å². The van der Waals surface area contributed by atoms with Gasteiger partial charge in [-0.25, -0.2) is 13.1 Å². The average Bonchev–Trinajstić information content (AvgIpc) is 1.95. The van der Waals surface area contributed by atoms with Gasteiger partial charge in [-0.1, -0.05) is 0 Å². The Labute approximate surface area is 90.9 Å². The summed E-state index contributed by atoms with van der Waals surface area (Å²) in [6.45, 7) is 2.65. The van der Waals surface area contributed by atoms with Crippen molar-refractivity contribution in [1.82, 2.24) is 9.62 Å². The number of rotatable bonds is 5. The van der Waals surface area contributed by atoms with E-state index in [0.29, 0.717) is 0 Å². The molecule has 0 unspecified atom stereocenters. The van der Waals surface area contributed by atoms with Crippen LogP contribution in [0.5, 0.6) is 0 Å². The lowest BCUT2D eigenvalue weighted by Gasteiger charge is -2.21. The molecule has 0 aromatic heterocycles. The molecule has 0 bridgehead atoms. The third-order valence-electron chi connectivity index (χ3n) is 1.52. The smallest absolute Gasteiger partial charge is 0.259 e. The second-order valence-electron chi connectivity index (χ2n) is 4.06. The lowest BCUT2D eigenvalue weighted by atomic mass is 10.6. The largest absolute Gasteiger partial charge is 0.345 e. The van der Waals surface area contributed by atoms with E-state index in [-0.39, 0.29) is 12.7 Å². The van der Waals surface area contributed by atoms with Crippen molar-refractivity contribution in [3.63, 3.8) is 0 Å². The van der Waals surface area contributed by atoms with E-state index >= 15 is 0 Å². The van der Waals surface area contributed by atoms with E-state index < -0.39 is 24.3 Å². The van der Waals surface area contributed by atoms with Crippen molar-refractivity contribution in [3.8, 4) is 0 Å². The first-order chi connectivity index (χ1) is 6.51. The fourth-order valence-corrected chi connectivity index (χ4v) is 2.67. The highest BCUT2D eigenvalue weighted by Crippen LogP contribution is 2.04. The van der Waals surface area contributed by atoms with E-state index in [1.54, 1.807) is 0 Å². The quantitative estimate of drug-likeness (QED) is 0.543. The molecule has 1 N–H and O–H groups in total. The highest BCUT2D eigenvalue weighted by molar-refractivity contribution is 7.88. The van der Waals surface area contributed by atoms with Gasteiger partial charge in [-0.15, -0.1) is 0 Å². The van der Waals surface area contributed by atoms with Crippen LogP contribution in [0, 0.1) is 0 Å². The zero-order chi connectivity index (χ0) is 12.3. The molecular formula is C7H17FN2O3SSi. The van der Waals surface area contributed by atoms with Crippen LogP contribution in [0.2, 0.25) is 13.1 Å². The van der Waals surface area contributed by atoms with E-state index in [9.17, 15) is 17.3 Å². The zero-order valence-corrected chi connectivity index (χ0v) is 11.2. The van der Waals surface area contributed by atoms with Gasteiger partial charge in [0.05, 0.1) is 12.8 Å². The Morgan fingerprint density at radius 3 is 2.27 bits per heavy atom. The Bertz CT molecular complexity index is 326.